The third-order valence-electron chi connectivity index (χ3n) is 10.9. The van der Waals surface area contributed by atoms with Crippen LogP contribution in [0.2, 0.25) is 0 Å². The first-order valence-corrected chi connectivity index (χ1v) is 19.4. The Labute approximate surface area is 311 Å². The molecule has 2 aliphatic heterocycles. The lowest BCUT2D eigenvalue weighted by Crippen LogP contribution is -2.36. The molecule has 0 saturated heterocycles. The molecule has 3 heterocycles. The Kier molecular flexibility index (Phi) is 6.70. The molecule has 0 radical (unpaired) electrons. The van der Waals surface area contributed by atoms with Crippen LogP contribution in [-0.4, -0.2) is 4.57 Å². The van der Waals surface area contributed by atoms with Gasteiger partial charge < -0.3 is 4.57 Å². The summed E-state index contributed by atoms with van der Waals surface area (Å²) >= 11 is 3.81. The first kappa shape index (κ1) is 29.9. The number of fused-ring (bicyclic) bond motifs is 11. The van der Waals surface area contributed by atoms with E-state index in [1.165, 1.54) is 91.6 Å². The average Bonchev–Trinajstić information content (AvgIpc) is 3.54. The smallest absolute Gasteiger partial charge is 0.0745 e. The summed E-state index contributed by atoms with van der Waals surface area (Å²) in [4.78, 5) is 5.25. The highest BCUT2D eigenvalue weighted by Crippen LogP contribution is 2.62. The van der Waals surface area contributed by atoms with Gasteiger partial charge in [-0.2, -0.15) is 0 Å². The van der Waals surface area contributed by atoms with Gasteiger partial charge in [0.05, 0.1) is 16.4 Å². The maximum atomic E-state index is 2.44. The molecule has 0 bridgehead atoms. The second kappa shape index (κ2) is 11.6. The Morgan fingerprint density at radius 3 is 1.48 bits per heavy atom. The van der Waals surface area contributed by atoms with Crippen LogP contribution in [0.25, 0.3) is 49.7 Å². The summed E-state index contributed by atoms with van der Waals surface area (Å²) in [5, 5.41) is 2.54. The molecule has 2 aliphatic rings. The van der Waals surface area contributed by atoms with E-state index in [1.54, 1.807) is 0 Å². The standard InChI is InChI=1S/C49H31NS2/c1-3-13-32(14-4-1)34-24-27-41-47(30-34)51-45-21-11-8-18-39(45)49(41)40-19-9-12-22-46(40)52-48-31-35(25-28-42(48)49)33-23-26-38-37-17-7-10-20-43(37)50(44(38)29-33)36-15-5-2-6-16-36/h1-31H. The third kappa shape index (κ3) is 4.33. The second-order valence-corrected chi connectivity index (χ2v) is 15.8. The van der Waals surface area contributed by atoms with Crippen molar-refractivity contribution in [1.82, 2.24) is 4.57 Å². The van der Waals surface area contributed by atoms with Gasteiger partial charge in [-0.3, -0.25) is 0 Å². The average molecular weight is 698 g/mol. The zero-order valence-electron chi connectivity index (χ0n) is 28.2. The van der Waals surface area contributed by atoms with Gasteiger partial charge in [0.25, 0.3) is 0 Å². The summed E-state index contributed by atoms with van der Waals surface area (Å²) in [7, 11) is 0. The van der Waals surface area contributed by atoms with Crippen LogP contribution in [0.3, 0.4) is 0 Å². The summed E-state index contributed by atoms with van der Waals surface area (Å²) < 4.78 is 2.41. The molecule has 1 spiro atoms. The highest BCUT2D eigenvalue weighted by Gasteiger charge is 2.48. The minimum absolute atomic E-state index is 0.439. The molecule has 0 N–H and O–H groups in total. The number of aromatic nitrogens is 1. The van der Waals surface area contributed by atoms with Gasteiger partial charge in [0, 0.05) is 36.0 Å². The Morgan fingerprint density at radius 2 is 0.808 bits per heavy atom. The van der Waals surface area contributed by atoms with Gasteiger partial charge in [0.2, 0.25) is 0 Å². The first-order valence-electron chi connectivity index (χ1n) is 17.8. The number of para-hydroxylation sites is 2. The van der Waals surface area contributed by atoms with Gasteiger partial charge in [-0.1, -0.05) is 163 Å². The minimum atomic E-state index is -0.439. The summed E-state index contributed by atoms with van der Waals surface area (Å²) in [6.07, 6.45) is 0. The molecule has 8 aromatic carbocycles. The first-order chi connectivity index (χ1) is 25.8. The van der Waals surface area contributed by atoms with Crippen molar-refractivity contribution in [2.75, 3.05) is 0 Å². The normalized spacial score (nSPS) is 15.6. The molecule has 1 unspecified atom stereocenters. The summed E-state index contributed by atoms with van der Waals surface area (Å²) in [5.74, 6) is 0. The summed E-state index contributed by atoms with van der Waals surface area (Å²) in [6, 6.07) is 69.7. The van der Waals surface area contributed by atoms with Crippen molar-refractivity contribution in [3.8, 4) is 27.9 Å². The molecule has 0 saturated carbocycles. The number of hydrogen-bond donors (Lipinski definition) is 0. The molecule has 3 heteroatoms. The lowest BCUT2D eigenvalue weighted by molar-refractivity contribution is 0.667. The van der Waals surface area contributed by atoms with E-state index in [0.717, 1.165) is 0 Å². The van der Waals surface area contributed by atoms with Crippen molar-refractivity contribution < 1.29 is 0 Å². The van der Waals surface area contributed by atoms with Crippen LogP contribution in [-0.2, 0) is 5.41 Å². The molecule has 1 atom stereocenters. The Balaban J connectivity index is 1.14. The third-order valence-corrected chi connectivity index (χ3v) is 13.2. The summed E-state index contributed by atoms with van der Waals surface area (Å²) in [6.45, 7) is 0. The number of nitrogens with zero attached hydrogens (tertiary/aromatic N) is 1. The zero-order valence-corrected chi connectivity index (χ0v) is 29.8. The van der Waals surface area contributed by atoms with Crippen molar-refractivity contribution in [3.05, 3.63) is 210 Å². The topological polar surface area (TPSA) is 4.93 Å². The predicted octanol–water partition coefficient (Wildman–Crippen LogP) is 13.4. The highest BCUT2D eigenvalue weighted by molar-refractivity contribution is 8.00. The molecule has 11 rings (SSSR count). The van der Waals surface area contributed by atoms with Gasteiger partial charge in [-0.25, -0.2) is 0 Å². The fourth-order valence-corrected chi connectivity index (χ4v) is 11.1. The van der Waals surface area contributed by atoms with Gasteiger partial charge in [0.15, 0.2) is 0 Å². The molecule has 9 aromatic rings. The van der Waals surface area contributed by atoms with Crippen LogP contribution >= 0.6 is 23.5 Å². The van der Waals surface area contributed by atoms with Gasteiger partial charge in [0.1, 0.15) is 0 Å². The quantitative estimate of drug-likeness (QED) is 0.181. The number of benzene rings is 8. The Bertz CT molecular complexity index is 2840. The molecular formula is C49H31NS2. The summed E-state index contributed by atoms with van der Waals surface area (Å²) in [5.41, 5.74) is 13.5. The van der Waals surface area contributed by atoms with Crippen LogP contribution in [0.1, 0.15) is 22.3 Å². The second-order valence-electron chi connectivity index (χ2n) is 13.7. The van der Waals surface area contributed by atoms with Crippen molar-refractivity contribution in [1.29, 1.82) is 0 Å². The van der Waals surface area contributed by atoms with E-state index in [9.17, 15) is 0 Å². The SMILES string of the molecule is c1ccc(-c2ccc3c(c2)Sc2ccccc2C32c3ccccc3Sc3cc(-c4ccc5c6ccccc6n(-c6ccccc6)c5c4)ccc32)cc1. The Hall–Kier alpha value is -5.74. The van der Waals surface area contributed by atoms with Crippen molar-refractivity contribution in [2.24, 2.45) is 0 Å². The lowest BCUT2D eigenvalue weighted by Gasteiger charge is -2.45. The molecule has 0 aliphatic carbocycles. The predicted molar refractivity (Wildman–Crippen MR) is 218 cm³/mol. The maximum absolute atomic E-state index is 2.44. The lowest BCUT2D eigenvalue weighted by atomic mass is 9.64. The van der Waals surface area contributed by atoms with Crippen molar-refractivity contribution >= 4 is 45.3 Å². The monoisotopic (exact) mass is 697 g/mol. The maximum Gasteiger partial charge on any atom is 0.0745 e. The van der Waals surface area contributed by atoms with E-state index < -0.39 is 5.41 Å². The van der Waals surface area contributed by atoms with E-state index in [1.807, 2.05) is 23.5 Å². The van der Waals surface area contributed by atoms with Crippen LogP contribution in [0.4, 0.5) is 0 Å². The zero-order chi connectivity index (χ0) is 34.2. The van der Waals surface area contributed by atoms with Crippen molar-refractivity contribution in [3.63, 3.8) is 0 Å². The van der Waals surface area contributed by atoms with Crippen LogP contribution in [0, 0.1) is 0 Å². The minimum Gasteiger partial charge on any atom is -0.309 e. The van der Waals surface area contributed by atoms with E-state index in [4.69, 9.17) is 0 Å². The van der Waals surface area contributed by atoms with E-state index in [0.29, 0.717) is 0 Å². The highest BCUT2D eigenvalue weighted by atomic mass is 32.2. The number of hydrogen-bond acceptors (Lipinski definition) is 2. The molecule has 244 valence electrons. The van der Waals surface area contributed by atoms with Crippen molar-refractivity contribution in [2.45, 2.75) is 25.0 Å². The largest absolute Gasteiger partial charge is 0.309 e. The van der Waals surface area contributed by atoms with Gasteiger partial charge in [-0.15, -0.1) is 0 Å². The molecule has 0 amide bonds. The fourth-order valence-electron chi connectivity index (χ4n) is 8.67. The van der Waals surface area contributed by atoms with Gasteiger partial charge >= 0.3 is 0 Å². The van der Waals surface area contributed by atoms with Gasteiger partial charge in [-0.05, 0) is 93.0 Å². The molecule has 0 fully saturated rings. The van der Waals surface area contributed by atoms with E-state index >= 15 is 0 Å². The van der Waals surface area contributed by atoms with E-state index in [2.05, 4.69) is 193 Å². The number of rotatable bonds is 3. The molecule has 1 nitrogen and oxygen atoms in total. The molecule has 1 aromatic heterocycles. The Morgan fingerprint density at radius 1 is 0.327 bits per heavy atom. The van der Waals surface area contributed by atoms with E-state index in [-0.39, 0.29) is 0 Å². The molecular weight excluding hydrogens is 667 g/mol. The van der Waals surface area contributed by atoms with Crippen LogP contribution in [0.15, 0.2) is 208 Å². The fraction of sp³-hybridized carbons (Fsp3) is 0.0204. The molecule has 52 heavy (non-hydrogen) atoms. The van der Waals surface area contributed by atoms with Crippen LogP contribution in [0.5, 0.6) is 0 Å². The van der Waals surface area contributed by atoms with Crippen LogP contribution < -0.4 is 0 Å².